The van der Waals surface area contributed by atoms with Gasteiger partial charge in [0.25, 0.3) is 10.0 Å². The van der Waals surface area contributed by atoms with E-state index in [0.29, 0.717) is 38.1 Å². The number of benzene rings is 3. The number of methoxy groups -OCH3 is 1. The Morgan fingerprint density at radius 3 is 2.31 bits per heavy atom. The Bertz CT molecular complexity index is 1520. The number of anilines is 1. The van der Waals surface area contributed by atoms with Gasteiger partial charge in [0.1, 0.15) is 18.3 Å². The standard InChI is InChI=1S/C30H34BrCl2N3O5S/c1-5-6-15-34-30(38)21(3)35(18-22-9-13-26(32)27(33)16-22)29(37)19-36(23-10-7-20(2)8-11-23)42(39,40)24-12-14-28(41-4)25(31)17-24/h7-14,16-17,21H,5-6,15,18-19H2,1-4H3,(H,34,38)/t21-/m0/s1. The lowest BCUT2D eigenvalue weighted by molar-refractivity contribution is -0.139. The third kappa shape index (κ3) is 8.40. The van der Waals surface area contributed by atoms with Crippen LogP contribution in [0, 0.1) is 6.92 Å². The van der Waals surface area contributed by atoms with Crippen molar-refractivity contribution >= 4 is 66.7 Å². The summed E-state index contributed by atoms with van der Waals surface area (Å²) < 4.78 is 34.8. The van der Waals surface area contributed by atoms with Crippen molar-refractivity contribution in [3.8, 4) is 5.75 Å². The van der Waals surface area contributed by atoms with Crippen molar-refractivity contribution in [2.24, 2.45) is 0 Å². The van der Waals surface area contributed by atoms with Gasteiger partial charge in [-0.3, -0.25) is 13.9 Å². The lowest BCUT2D eigenvalue weighted by Crippen LogP contribution is -2.51. The van der Waals surface area contributed by atoms with Gasteiger partial charge in [-0.05, 0) is 84.2 Å². The van der Waals surface area contributed by atoms with Gasteiger partial charge in [0, 0.05) is 13.1 Å². The van der Waals surface area contributed by atoms with Gasteiger partial charge in [-0.2, -0.15) is 0 Å². The van der Waals surface area contributed by atoms with E-state index >= 15 is 0 Å². The number of halogens is 3. The minimum atomic E-state index is -4.23. The first kappa shape index (κ1) is 33.7. The number of amides is 2. The lowest BCUT2D eigenvalue weighted by Gasteiger charge is -2.32. The molecular weight excluding hydrogens is 665 g/mol. The molecule has 3 aromatic rings. The second-order valence-corrected chi connectivity index (χ2v) is 13.3. The SMILES string of the molecule is CCCCNC(=O)[C@H](C)N(Cc1ccc(Cl)c(Cl)c1)C(=O)CN(c1ccc(C)cc1)S(=O)(=O)c1ccc(OC)c(Br)c1. The fraction of sp³-hybridized carbons (Fsp3) is 0.333. The lowest BCUT2D eigenvalue weighted by atomic mass is 10.1. The van der Waals surface area contributed by atoms with E-state index in [4.69, 9.17) is 27.9 Å². The summed E-state index contributed by atoms with van der Waals surface area (Å²) in [5.74, 6) is -0.459. The van der Waals surface area contributed by atoms with Crippen molar-refractivity contribution in [3.05, 3.63) is 86.3 Å². The number of hydrogen-bond acceptors (Lipinski definition) is 5. The zero-order valence-electron chi connectivity index (χ0n) is 23.9. The fourth-order valence-corrected chi connectivity index (χ4v) is 6.58. The maximum absolute atomic E-state index is 14.0. The molecule has 0 heterocycles. The second-order valence-electron chi connectivity index (χ2n) is 9.73. The molecule has 0 saturated heterocycles. The molecule has 226 valence electrons. The molecule has 0 aliphatic carbocycles. The second kappa shape index (κ2) is 15.1. The molecular formula is C30H34BrCl2N3O5S. The summed E-state index contributed by atoms with van der Waals surface area (Å²) in [7, 11) is -2.75. The van der Waals surface area contributed by atoms with Crippen LogP contribution in [-0.4, -0.2) is 51.4 Å². The summed E-state index contributed by atoms with van der Waals surface area (Å²) in [5.41, 5.74) is 1.86. The van der Waals surface area contributed by atoms with Crippen molar-refractivity contribution in [1.82, 2.24) is 10.2 Å². The Morgan fingerprint density at radius 1 is 1.02 bits per heavy atom. The molecule has 0 spiro atoms. The monoisotopic (exact) mass is 697 g/mol. The molecule has 42 heavy (non-hydrogen) atoms. The molecule has 3 rings (SSSR count). The van der Waals surface area contributed by atoms with E-state index in [1.807, 2.05) is 13.8 Å². The van der Waals surface area contributed by atoms with Crippen LogP contribution >= 0.6 is 39.1 Å². The molecule has 0 aromatic heterocycles. The minimum Gasteiger partial charge on any atom is -0.496 e. The third-order valence-electron chi connectivity index (χ3n) is 6.65. The number of sulfonamides is 1. The molecule has 12 heteroatoms. The molecule has 2 amide bonds. The van der Waals surface area contributed by atoms with E-state index in [1.54, 1.807) is 49.4 Å². The maximum atomic E-state index is 14.0. The van der Waals surface area contributed by atoms with Crippen LogP contribution in [0.5, 0.6) is 5.75 Å². The van der Waals surface area contributed by atoms with Gasteiger partial charge in [-0.15, -0.1) is 0 Å². The first-order chi connectivity index (χ1) is 19.9. The van der Waals surface area contributed by atoms with Crippen LogP contribution in [0.3, 0.4) is 0 Å². The normalized spacial score (nSPS) is 12.0. The number of aryl methyl sites for hydroxylation is 1. The molecule has 1 N–H and O–H groups in total. The average molecular weight is 699 g/mol. The zero-order valence-corrected chi connectivity index (χ0v) is 27.8. The highest BCUT2D eigenvalue weighted by Gasteiger charge is 2.33. The van der Waals surface area contributed by atoms with E-state index in [9.17, 15) is 18.0 Å². The number of rotatable bonds is 13. The van der Waals surface area contributed by atoms with Crippen LogP contribution in [0.4, 0.5) is 5.69 Å². The van der Waals surface area contributed by atoms with Gasteiger partial charge in [0.05, 0.1) is 32.2 Å². The molecule has 3 aromatic carbocycles. The molecule has 0 radical (unpaired) electrons. The molecule has 0 aliphatic heterocycles. The van der Waals surface area contributed by atoms with Crippen molar-refractivity contribution in [1.29, 1.82) is 0 Å². The number of nitrogens with zero attached hydrogens (tertiary/aromatic N) is 2. The number of carbonyl (C=O) groups excluding carboxylic acids is 2. The smallest absolute Gasteiger partial charge is 0.264 e. The first-order valence-corrected chi connectivity index (χ1v) is 16.3. The van der Waals surface area contributed by atoms with Gasteiger partial charge < -0.3 is 15.0 Å². The van der Waals surface area contributed by atoms with E-state index in [-0.39, 0.29) is 17.3 Å². The predicted octanol–water partition coefficient (Wildman–Crippen LogP) is 6.60. The van der Waals surface area contributed by atoms with Crippen LogP contribution in [0.1, 0.15) is 37.8 Å². The highest BCUT2D eigenvalue weighted by atomic mass is 79.9. The highest BCUT2D eigenvalue weighted by molar-refractivity contribution is 9.10. The molecule has 0 saturated carbocycles. The summed E-state index contributed by atoms with van der Waals surface area (Å²) in [6.07, 6.45) is 1.68. The maximum Gasteiger partial charge on any atom is 0.264 e. The summed E-state index contributed by atoms with van der Waals surface area (Å²) in [6.45, 7) is 5.42. The average Bonchev–Trinajstić information content (AvgIpc) is 2.96. The first-order valence-electron chi connectivity index (χ1n) is 13.3. The molecule has 1 atom stereocenters. The van der Waals surface area contributed by atoms with Crippen molar-refractivity contribution < 1.29 is 22.7 Å². The predicted molar refractivity (Wildman–Crippen MR) is 171 cm³/mol. The number of hydrogen-bond donors (Lipinski definition) is 1. The third-order valence-corrected chi connectivity index (χ3v) is 9.77. The zero-order chi connectivity index (χ0) is 31.0. The molecule has 0 bridgehead atoms. The topological polar surface area (TPSA) is 96.0 Å². The molecule has 8 nitrogen and oxygen atoms in total. The largest absolute Gasteiger partial charge is 0.496 e. The number of carbonyl (C=O) groups is 2. The Hall–Kier alpha value is -2.79. The van der Waals surface area contributed by atoms with Crippen molar-refractivity contribution in [3.63, 3.8) is 0 Å². The van der Waals surface area contributed by atoms with Crippen molar-refractivity contribution in [2.45, 2.75) is 51.1 Å². The van der Waals surface area contributed by atoms with Gasteiger partial charge in [0.15, 0.2) is 0 Å². The summed E-state index contributed by atoms with van der Waals surface area (Å²) >= 11 is 15.7. The van der Waals surface area contributed by atoms with E-state index in [1.165, 1.54) is 30.2 Å². The van der Waals surface area contributed by atoms with Crippen LogP contribution in [0.15, 0.2) is 70.0 Å². The van der Waals surface area contributed by atoms with Gasteiger partial charge >= 0.3 is 0 Å². The molecule has 0 unspecified atom stereocenters. The van der Waals surface area contributed by atoms with E-state index in [0.717, 1.165) is 22.7 Å². The minimum absolute atomic E-state index is 0.00789. The van der Waals surface area contributed by atoms with Gasteiger partial charge in [-0.25, -0.2) is 8.42 Å². The summed E-state index contributed by atoms with van der Waals surface area (Å²) in [6, 6.07) is 15.2. The highest BCUT2D eigenvalue weighted by Crippen LogP contribution is 2.31. The quantitative estimate of drug-likeness (QED) is 0.203. The van der Waals surface area contributed by atoms with Gasteiger partial charge in [-0.1, -0.05) is 60.3 Å². The summed E-state index contributed by atoms with van der Waals surface area (Å²) in [4.78, 5) is 28.4. The van der Waals surface area contributed by atoms with Crippen LogP contribution < -0.4 is 14.4 Å². The fourth-order valence-electron chi connectivity index (χ4n) is 4.13. The number of unbranched alkanes of at least 4 members (excludes halogenated alkanes) is 1. The molecule has 0 fully saturated rings. The Labute approximate surface area is 266 Å². The van der Waals surface area contributed by atoms with Gasteiger partial charge in [0.2, 0.25) is 11.8 Å². The van der Waals surface area contributed by atoms with E-state index in [2.05, 4.69) is 21.2 Å². The number of nitrogens with one attached hydrogen (secondary N) is 1. The summed E-state index contributed by atoms with van der Waals surface area (Å²) in [5, 5.41) is 3.51. The van der Waals surface area contributed by atoms with Crippen LogP contribution in [-0.2, 0) is 26.2 Å². The Kier molecular flexibility index (Phi) is 12.1. The number of ether oxygens (including phenoxy) is 1. The van der Waals surface area contributed by atoms with Crippen LogP contribution in [0.2, 0.25) is 10.0 Å². The molecule has 0 aliphatic rings. The Morgan fingerprint density at radius 2 is 1.71 bits per heavy atom. The Balaban J connectivity index is 2.04. The van der Waals surface area contributed by atoms with E-state index < -0.39 is 28.5 Å². The van der Waals surface area contributed by atoms with Crippen LogP contribution in [0.25, 0.3) is 0 Å². The van der Waals surface area contributed by atoms with Crippen molar-refractivity contribution in [2.75, 3.05) is 24.5 Å².